The zero-order valence-corrected chi connectivity index (χ0v) is 8.41. The lowest BCUT2D eigenvalue weighted by atomic mass is 10.4. The molecule has 0 aliphatic heterocycles. The molecule has 2 rings (SSSR count). The van der Waals surface area contributed by atoms with E-state index >= 15 is 0 Å². The van der Waals surface area contributed by atoms with Crippen molar-refractivity contribution in [3.8, 4) is 0 Å². The number of H-pyrrole nitrogens is 1. The van der Waals surface area contributed by atoms with E-state index in [1.165, 1.54) is 16.8 Å². The fraction of sp³-hybridized carbons (Fsp3) is 0.100. The minimum atomic E-state index is -0.480. The van der Waals surface area contributed by atoms with Crippen molar-refractivity contribution in [1.29, 1.82) is 0 Å². The third-order valence-electron chi connectivity index (χ3n) is 2.18. The highest BCUT2D eigenvalue weighted by Gasteiger charge is 2.09. The Kier molecular flexibility index (Phi) is 2.55. The fourth-order valence-corrected chi connectivity index (χ4v) is 1.44. The molecule has 2 aromatic rings. The van der Waals surface area contributed by atoms with Gasteiger partial charge in [-0.3, -0.25) is 14.3 Å². The Morgan fingerprint density at radius 1 is 1.44 bits per heavy atom. The summed E-state index contributed by atoms with van der Waals surface area (Å²) in [7, 11) is 0. The number of hydrogen-bond acceptors (Lipinski definition) is 3. The number of nitrogens with zero attached hydrogens (tertiary/aromatic N) is 3. The third kappa shape index (κ3) is 1.72. The number of rotatable bonds is 3. The highest BCUT2D eigenvalue weighted by molar-refractivity contribution is 4.95. The number of aromatic nitrogens is 4. The first-order chi connectivity index (χ1) is 7.72. The van der Waals surface area contributed by atoms with Gasteiger partial charge in [0.1, 0.15) is 6.17 Å². The van der Waals surface area contributed by atoms with Crippen LogP contribution < -0.4 is 11.2 Å². The third-order valence-corrected chi connectivity index (χ3v) is 2.18. The molecular weight excluding hydrogens is 208 g/mol. The van der Waals surface area contributed by atoms with Crippen molar-refractivity contribution in [2.24, 2.45) is 0 Å². The van der Waals surface area contributed by atoms with Crippen LogP contribution in [0.4, 0.5) is 0 Å². The number of imidazole rings is 1. The maximum Gasteiger partial charge on any atom is 0.330 e. The van der Waals surface area contributed by atoms with Gasteiger partial charge < -0.3 is 4.57 Å². The molecule has 2 heterocycles. The average molecular weight is 218 g/mol. The van der Waals surface area contributed by atoms with E-state index < -0.39 is 17.4 Å². The van der Waals surface area contributed by atoms with Gasteiger partial charge >= 0.3 is 5.69 Å². The first-order valence-corrected chi connectivity index (χ1v) is 4.64. The second-order valence-electron chi connectivity index (χ2n) is 3.18. The van der Waals surface area contributed by atoms with Crippen LogP contribution >= 0.6 is 0 Å². The van der Waals surface area contributed by atoms with E-state index in [1.54, 1.807) is 29.4 Å². The largest absolute Gasteiger partial charge is 0.330 e. The Morgan fingerprint density at radius 2 is 2.25 bits per heavy atom. The van der Waals surface area contributed by atoms with E-state index in [0.29, 0.717) is 0 Å². The average Bonchev–Trinajstić information content (AvgIpc) is 2.75. The topological polar surface area (TPSA) is 72.7 Å². The Bertz CT molecular complexity index is 594. The summed E-state index contributed by atoms with van der Waals surface area (Å²) in [5.74, 6) is 0. The van der Waals surface area contributed by atoms with Gasteiger partial charge in [0.05, 0.1) is 6.33 Å². The number of hydrogen-bond donors (Lipinski definition) is 1. The molecule has 0 aromatic carbocycles. The highest BCUT2D eigenvalue weighted by Crippen LogP contribution is 2.06. The van der Waals surface area contributed by atoms with Crippen LogP contribution in [0.1, 0.15) is 6.17 Å². The fourth-order valence-electron chi connectivity index (χ4n) is 1.44. The van der Waals surface area contributed by atoms with Crippen molar-refractivity contribution in [1.82, 2.24) is 19.1 Å². The molecule has 0 aliphatic rings. The Morgan fingerprint density at radius 3 is 2.81 bits per heavy atom. The summed E-state index contributed by atoms with van der Waals surface area (Å²) in [4.78, 5) is 28.6. The van der Waals surface area contributed by atoms with Gasteiger partial charge in [0.25, 0.3) is 5.56 Å². The molecule has 0 saturated carbocycles. The molecule has 0 saturated heterocycles. The van der Waals surface area contributed by atoms with Gasteiger partial charge in [-0.25, -0.2) is 9.78 Å². The van der Waals surface area contributed by atoms with Crippen LogP contribution in [0.2, 0.25) is 0 Å². The van der Waals surface area contributed by atoms with Crippen LogP contribution in [-0.4, -0.2) is 19.1 Å². The summed E-state index contributed by atoms with van der Waals surface area (Å²) in [5, 5.41) is 0. The van der Waals surface area contributed by atoms with E-state index in [2.05, 4.69) is 16.5 Å². The standard InChI is InChI=1S/C10H10N4O2/c1-2-9(13-6-4-11-7-13)14-5-3-8(15)12-10(14)16/h2-7,9H,1H2,(H,12,15,16). The molecule has 6 heteroatoms. The molecule has 0 radical (unpaired) electrons. The van der Waals surface area contributed by atoms with Crippen molar-refractivity contribution < 1.29 is 0 Å². The van der Waals surface area contributed by atoms with Gasteiger partial charge in [0, 0.05) is 24.7 Å². The van der Waals surface area contributed by atoms with E-state index in [0.717, 1.165) is 0 Å². The highest BCUT2D eigenvalue weighted by atomic mass is 16.2. The summed E-state index contributed by atoms with van der Waals surface area (Å²) in [6.07, 6.45) is 7.50. The molecule has 0 fully saturated rings. The molecule has 0 spiro atoms. The van der Waals surface area contributed by atoms with E-state index in [9.17, 15) is 9.59 Å². The Hall–Kier alpha value is -2.37. The minimum Gasteiger partial charge on any atom is -0.312 e. The van der Waals surface area contributed by atoms with Crippen molar-refractivity contribution in [3.05, 3.63) is 64.5 Å². The molecule has 1 N–H and O–H groups in total. The second-order valence-corrected chi connectivity index (χ2v) is 3.18. The number of allylic oxidation sites excluding steroid dienone is 1. The van der Waals surface area contributed by atoms with E-state index in [4.69, 9.17) is 0 Å². The predicted octanol–water partition coefficient (Wildman–Crippen LogP) is -0.0340. The zero-order chi connectivity index (χ0) is 11.5. The summed E-state index contributed by atoms with van der Waals surface area (Å²) in [6, 6.07) is 1.29. The van der Waals surface area contributed by atoms with Crippen molar-refractivity contribution in [2.75, 3.05) is 0 Å². The Balaban J connectivity index is 2.54. The SMILES string of the molecule is C=CC(n1ccnc1)n1ccc(=O)[nH]c1=O. The van der Waals surface area contributed by atoms with Crippen LogP contribution in [0.5, 0.6) is 0 Å². The monoisotopic (exact) mass is 218 g/mol. The smallest absolute Gasteiger partial charge is 0.312 e. The van der Waals surface area contributed by atoms with E-state index in [-0.39, 0.29) is 0 Å². The van der Waals surface area contributed by atoms with Gasteiger partial charge in [-0.15, -0.1) is 0 Å². The quantitative estimate of drug-likeness (QED) is 0.735. The first kappa shape index (κ1) is 10.2. The molecule has 2 aromatic heterocycles. The second kappa shape index (κ2) is 4.01. The molecule has 0 bridgehead atoms. The minimum absolute atomic E-state index is 0.396. The molecule has 1 unspecified atom stereocenters. The molecular formula is C10H10N4O2. The first-order valence-electron chi connectivity index (χ1n) is 4.64. The van der Waals surface area contributed by atoms with Gasteiger partial charge in [-0.05, 0) is 6.08 Å². The lowest BCUT2D eigenvalue weighted by Crippen LogP contribution is -2.33. The summed E-state index contributed by atoms with van der Waals surface area (Å²) in [5.41, 5.74) is -0.902. The summed E-state index contributed by atoms with van der Waals surface area (Å²) < 4.78 is 3.06. The summed E-state index contributed by atoms with van der Waals surface area (Å²) in [6.45, 7) is 3.66. The molecule has 6 nitrogen and oxygen atoms in total. The summed E-state index contributed by atoms with van der Waals surface area (Å²) >= 11 is 0. The van der Waals surface area contributed by atoms with Crippen molar-refractivity contribution >= 4 is 0 Å². The van der Waals surface area contributed by atoms with Gasteiger partial charge in [0.15, 0.2) is 0 Å². The maximum absolute atomic E-state index is 11.6. The molecule has 0 aliphatic carbocycles. The van der Waals surface area contributed by atoms with Crippen LogP contribution in [0.3, 0.4) is 0 Å². The number of aromatic amines is 1. The van der Waals surface area contributed by atoms with Crippen molar-refractivity contribution in [2.45, 2.75) is 6.17 Å². The van der Waals surface area contributed by atoms with Crippen LogP contribution in [0.25, 0.3) is 0 Å². The van der Waals surface area contributed by atoms with Gasteiger partial charge in [-0.2, -0.15) is 0 Å². The molecule has 16 heavy (non-hydrogen) atoms. The van der Waals surface area contributed by atoms with Gasteiger partial charge in [-0.1, -0.05) is 6.58 Å². The maximum atomic E-state index is 11.6. The lowest BCUT2D eigenvalue weighted by molar-refractivity contribution is 0.494. The number of nitrogens with one attached hydrogen (secondary N) is 1. The van der Waals surface area contributed by atoms with Crippen LogP contribution in [0.15, 0.2) is 53.2 Å². The van der Waals surface area contributed by atoms with E-state index in [1.807, 2.05) is 0 Å². The normalized spacial score (nSPS) is 12.2. The molecule has 1 atom stereocenters. The van der Waals surface area contributed by atoms with Crippen LogP contribution in [0, 0.1) is 0 Å². The molecule has 0 amide bonds. The Labute approximate surface area is 90.5 Å². The predicted molar refractivity (Wildman–Crippen MR) is 58.2 cm³/mol. The molecule has 82 valence electrons. The van der Waals surface area contributed by atoms with Gasteiger partial charge in [0.2, 0.25) is 0 Å². The zero-order valence-electron chi connectivity index (χ0n) is 8.41. The lowest BCUT2D eigenvalue weighted by Gasteiger charge is -2.16. The van der Waals surface area contributed by atoms with Crippen molar-refractivity contribution in [3.63, 3.8) is 0 Å². The van der Waals surface area contributed by atoms with Crippen LogP contribution in [-0.2, 0) is 0 Å².